The van der Waals surface area contributed by atoms with E-state index >= 15 is 0 Å². The van der Waals surface area contributed by atoms with Crippen LogP contribution in [0.5, 0.6) is 0 Å². The van der Waals surface area contributed by atoms with Gasteiger partial charge in [-0.2, -0.15) is 13.2 Å². The Labute approximate surface area is 198 Å². The molecular weight excluding hydrogens is 503 g/mol. The lowest BCUT2D eigenvalue weighted by Crippen LogP contribution is -2.29. The van der Waals surface area contributed by atoms with Gasteiger partial charge in [0.15, 0.2) is 15.5 Å². The van der Waals surface area contributed by atoms with Crippen molar-refractivity contribution >= 4 is 38.8 Å². The third-order valence-corrected chi connectivity index (χ3v) is 5.57. The number of rotatable bonds is 10. The molecule has 0 aliphatic rings. The van der Waals surface area contributed by atoms with Crippen LogP contribution in [0.15, 0.2) is 38.6 Å². The van der Waals surface area contributed by atoms with Crippen molar-refractivity contribution in [1.29, 1.82) is 5.41 Å². The standard InChI is InChI=1S/C19H21ClF3N5O5S/c1-28(2)7-8-32-13(29)10-25-15(14(20)16(24)19(21,22)23)18-27-26-17(33-18)11-5-4-6-12(9-11)34(3,30)31/h4-6,9,24-25H,7-8,10H2,1-3H3/b15-14+,24-16?. The van der Waals surface area contributed by atoms with Crippen molar-refractivity contribution in [1.82, 2.24) is 20.4 Å². The third kappa shape index (κ3) is 7.53. The summed E-state index contributed by atoms with van der Waals surface area (Å²) in [6.45, 7) is -0.140. The van der Waals surface area contributed by atoms with Crippen LogP contribution in [0, 0.1) is 5.41 Å². The summed E-state index contributed by atoms with van der Waals surface area (Å²) >= 11 is 5.79. The normalized spacial score (nSPS) is 12.9. The molecule has 34 heavy (non-hydrogen) atoms. The van der Waals surface area contributed by atoms with E-state index in [1.807, 2.05) is 0 Å². The lowest BCUT2D eigenvalue weighted by atomic mass is 10.2. The number of likely N-dealkylation sites (N-methyl/N-ethyl adjacent to an activating group) is 1. The molecule has 186 valence electrons. The number of nitrogens with one attached hydrogen (secondary N) is 2. The number of sulfone groups is 1. The molecular formula is C19H21ClF3N5O5S. The largest absolute Gasteiger partial charge is 0.463 e. The maximum atomic E-state index is 13.1. The molecule has 0 saturated heterocycles. The number of aromatic nitrogens is 2. The first kappa shape index (κ1) is 27.3. The van der Waals surface area contributed by atoms with Crippen LogP contribution in [0.2, 0.25) is 0 Å². The number of hydrogen-bond acceptors (Lipinski definition) is 10. The highest BCUT2D eigenvalue weighted by atomic mass is 35.5. The van der Waals surface area contributed by atoms with E-state index in [0.29, 0.717) is 6.54 Å². The fraction of sp³-hybridized carbons (Fsp3) is 0.368. The highest BCUT2D eigenvalue weighted by molar-refractivity contribution is 7.90. The van der Waals surface area contributed by atoms with Gasteiger partial charge in [0.2, 0.25) is 5.89 Å². The van der Waals surface area contributed by atoms with Gasteiger partial charge in [-0.1, -0.05) is 17.7 Å². The Morgan fingerprint density at radius 1 is 1.29 bits per heavy atom. The fourth-order valence-electron chi connectivity index (χ4n) is 2.35. The van der Waals surface area contributed by atoms with Gasteiger partial charge in [-0.05, 0) is 32.3 Å². The number of carbonyl (C=O) groups is 1. The number of alkyl halides is 3. The van der Waals surface area contributed by atoms with Crippen LogP contribution in [-0.2, 0) is 19.4 Å². The summed E-state index contributed by atoms with van der Waals surface area (Å²) in [5.41, 5.74) is -2.35. The Morgan fingerprint density at radius 3 is 2.56 bits per heavy atom. The van der Waals surface area contributed by atoms with Gasteiger partial charge in [0.1, 0.15) is 18.8 Å². The fourth-order valence-corrected chi connectivity index (χ4v) is 3.27. The van der Waals surface area contributed by atoms with Gasteiger partial charge >= 0.3 is 12.1 Å². The summed E-state index contributed by atoms with van der Waals surface area (Å²) in [5.74, 6) is -1.58. The van der Waals surface area contributed by atoms with Crippen LogP contribution in [0.25, 0.3) is 17.2 Å². The van der Waals surface area contributed by atoms with Crippen molar-refractivity contribution in [3.63, 3.8) is 0 Å². The Morgan fingerprint density at radius 2 is 1.97 bits per heavy atom. The minimum atomic E-state index is -5.09. The first-order chi connectivity index (χ1) is 15.7. The zero-order chi connectivity index (χ0) is 25.7. The summed E-state index contributed by atoms with van der Waals surface area (Å²) in [7, 11) is -0.0391. The zero-order valence-corrected chi connectivity index (χ0v) is 19.8. The average Bonchev–Trinajstić information content (AvgIpc) is 3.21. The second-order valence-corrected chi connectivity index (χ2v) is 9.55. The molecule has 1 heterocycles. The summed E-state index contributed by atoms with van der Waals surface area (Å²) in [6.07, 6.45) is -4.10. The molecule has 0 amide bonds. The molecule has 2 aromatic rings. The van der Waals surface area contributed by atoms with Gasteiger partial charge in [0.05, 0.1) is 9.93 Å². The van der Waals surface area contributed by atoms with E-state index in [0.717, 1.165) is 6.26 Å². The van der Waals surface area contributed by atoms with Crippen molar-refractivity contribution in [3.05, 3.63) is 35.2 Å². The van der Waals surface area contributed by atoms with E-state index in [1.54, 1.807) is 19.0 Å². The SMILES string of the molecule is CN(C)CCOC(=O)CN/C(=C(/Cl)C(=N)C(F)(F)F)c1nnc(-c2cccc(S(C)(=O)=O)c2)o1. The first-order valence-corrected chi connectivity index (χ1v) is 11.7. The molecule has 0 atom stereocenters. The predicted octanol–water partition coefficient (Wildman–Crippen LogP) is 2.32. The lowest BCUT2D eigenvalue weighted by molar-refractivity contribution is -0.142. The maximum Gasteiger partial charge on any atom is 0.434 e. The van der Waals surface area contributed by atoms with E-state index in [1.165, 1.54) is 24.3 Å². The molecule has 0 bridgehead atoms. The van der Waals surface area contributed by atoms with E-state index in [9.17, 15) is 26.4 Å². The minimum Gasteiger partial charge on any atom is -0.463 e. The summed E-state index contributed by atoms with van der Waals surface area (Å²) in [4.78, 5) is 13.7. The Hall–Kier alpha value is -2.97. The second-order valence-electron chi connectivity index (χ2n) is 7.15. The van der Waals surface area contributed by atoms with Crippen LogP contribution in [0.1, 0.15) is 5.89 Å². The number of ether oxygens (including phenoxy) is 1. The van der Waals surface area contributed by atoms with Crippen LogP contribution in [-0.4, -0.2) is 81.4 Å². The van der Waals surface area contributed by atoms with Crippen molar-refractivity contribution in [2.24, 2.45) is 0 Å². The monoisotopic (exact) mass is 523 g/mol. The van der Waals surface area contributed by atoms with E-state index < -0.39 is 50.9 Å². The van der Waals surface area contributed by atoms with Crippen molar-refractivity contribution < 1.29 is 35.5 Å². The van der Waals surface area contributed by atoms with Crippen LogP contribution < -0.4 is 5.32 Å². The molecule has 0 fully saturated rings. The second kappa shape index (κ2) is 11.0. The van der Waals surface area contributed by atoms with Gasteiger partial charge in [-0.15, -0.1) is 10.2 Å². The summed E-state index contributed by atoms with van der Waals surface area (Å²) in [5, 5.41) is 15.9. The Bertz CT molecular complexity index is 1190. The Kier molecular flexibility index (Phi) is 8.80. The van der Waals surface area contributed by atoms with Crippen molar-refractivity contribution in [3.8, 4) is 11.5 Å². The molecule has 0 aliphatic carbocycles. The number of benzene rings is 1. The maximum absolute atomic E-state index is 13.1. The highest BCUT2D eigenvalue weighted by Crippen LogP contribution is 2.29. The molecule has 15 heteroatoms. The van der Waals surface area contributed by atoms with Crippen molar-refractivity contribution in [2.45, 2.75) is 11.1 Å². The Balaban J connectivity index is 2.37. The average molecular weight is 524 g/mol. The van der Waals surface area contributed by atoms with Gasteiger partial charge in [0.25, 0.3) is 5.89 Å². The molecule has 10 nitrogen and oxygen atoms in total. The molecule has 0 radical (unpaired) electrons. The summed E-state index contributed by atoms with van der Waals surface area (Å²) in [6, 6.07) is 5.45. The van der Waals surface area contributed by atoms with Gasteiger partial charge < -0.3 is 19.4 Å². The number of esters is 1. The predicted molar refractivity (Wildman–Crippen MR) is 117 cm³/mol. The molecule has 1 aromatic heterocycles. The number of allylic oxidation sites excluding steroid dienone is 1. The molecule has 0 unspecified atom stereocenters. The number of carbonyl (C=O) groups excluding carboxylic acids is 1. The smallest absolute Gasteiger partial charge is 0.434 e. The van der Waals surface area contributed by atoms with Crippen molar-refractivity contribution in [2.75, 3.05) is 40.0 Å². The number of nitrogens with zero attached hydrogens (tertiary/aromatic N) is 3. The van der Waals surface area contributed by atoms with E-state index in [2.05, 4.69) is 15.5 Å². The van der Waals surface area contributed by atoms with Crippen LogP contribution in [0.3, 0.4) is 0 Å². The van der Waals surface area contributed by atoms with E-state index in [-0.39, 0.29) is 23.0 Å². The third-order valence-electron chi connectivity index (χ3n) is 4.08. The zero-order valence-electron chi connectivity index (χ0n) is 18.2. The molecule has 0 spiro atoms. The number of halogens is 4. The van der Waals surface area contributed by atoms with Crippen LogP contribution in [0.4, 0.5) is 13.2 Å². The number of hydrogen-bond donors (Lipinski definition) is 2. The molecule has 2 N–H and O–H groups in total. The van der Waals surface area contributed by atoms with Gasteiger partial charge in [-0.3, -0.25) is 10.2 Å². The van der Waals surface area contributed by atoms with Gasteiger partial charge in [-0.25, -0.2) is 8.42 Å². The summed E-state index contributed by atoms with van der Waals surface area (Å²) < 4.78 is 73.0. The van der Waals surface area contributed by atoms with Crippen LogP contribution >= 0.6 is 11.6 Å². The minimum absolute atomic E-state index is 0.0417. The first-order valence-electron chi connectivity index (χ1n) is 9.44. The molecule has 1 aromatic carbocycles. The lowest BCUT2D eigenvalue weighted by Gasteiger charge is -2.13. The highest BCUT2D eigenvalue weighted by Gasteiger charge is 2.38. The molecule has 2 rings (SSSR count). The molecule has 0 aliphatic heterocycles. The van der Waals surface area contributed by atoms with E-state index in [4.69, 9.17) is 26.2 Å². The topological polar surface area (TPSA) is 138 Å². The molecule has 0 saturated carbocycles. The quantitative estimate of drug-likeness (QED) is 0.355. The van der Waals surface area contributed by atoms with Gasteiger partial charge in [0, 0.05) is 18.4 Å².